The van der Waals surface area contributed by atoms with Crippen molar-refractivity contribution in [2.45, 2.75) is 6.61 Å². The summed E-state index contributed by atoms with van der Waals surface area (Å²) in [5.41, 5.74) is 5.41. The SMILES string of the molecule is OCc1ccc(-c2ccnc3[nH]nc(-c4ccc5c(c4)OCO5)c23)cc1. The average molecular weight is 345 g/mol. The molecular weight excluding hydrogens is 330 g/mol. The van der Waals surface area contributed by atoms with Crippen LogP contribution in [0.1, 0.15) is 5.56 Å². The Morgan fingerprint density at radius 3 is 2.62 bits per heavy atom. The van der Waals surface area contributed by atoms with Crippen molar-refractivity contribution in [3.63, 3.8) is 0 Å². The van der Waals surface area contributed by atoms with Crippen LogP contribution in [-0.4, -0.2) is 27.1 Å². The summed E-state index contributed by atoms with van der Waals surface area (Å²) >= 11 is 0. The number of hydrogen-bond acceptors (Lipinski definition) is 5. The van der Waals surface area contributed by atoms with Crippen LogP contribution in [0.2, 0.25) is 0 Å². The van der Waals surface area contributed by atoms with Gasteiger partial charge in [-0.3, -0.25) is 5.10 Å². The Morgan fingerprint density at radius 1 is 0.962 bits per heavy atom. The van der Waals surface area contributed by atoms with E-state index in [4.69, 9.17) is 9.47 Å². The molecule has 3 heterocycles. The van der Waals surface area contributed by atoms with Gasteiger partial charge in [-0.2, -0.15) is 5.10 Å². The Bertz CT molecular complexity index is 1100. The number of aromatic amines is 1. The zero-order valence-corrected chi connectivity index (χ0v) is 13.8. The third kappa shape index (κ3) is 2.31. The van der Waals surface area contributed by atoms with E-state index in [-0.39, 0.29) is 13.4 Å². The largest absolute Gasteiger partial charge is 0.454 e. The molecule has 2 aromatic heterocycles. The lowest BCUT2D eigenvalue weighted by atomic mass is 9.99. The number of rotatable bonds is 3. The summed E-state index contributed by atoms with van der Waals surface area (Å²) in [6.45, 7) is 0.268. The van der Waals surface area contributed by atoms with Gasteiger partial charge < -0.3 is 14.6 Å². The van der Waals surface area contributed by atoms with Gasteiger partial charge in [0.1, 0.15) is 5.69 Å². The molecule has 1 aliphatic heterocycles. The number of ether oxygens (including phenoxy) is 2. The van der Waals surface area contributed by atoms with Crippen LogP contribution in [0.15, 0.2) is 54.7 Å². The molecule has 26 heavy (non-hydrogen) atoms. The molecule has 4 aromatic rings. The van der Waals surface area contributed by atoms with Crippen molar-refractivity contribution in [3.8, 4) is 33.9 Å². The summed E-state index contributed by atoms with van der Waals surface area (Å²) < 4.78 is 10.9. The molecule has 0 radical (unpaired) electrons. The van der Waals surface area contributed by atoms with Crippen LogP contribution in [0.25, 0.3) is 33.4 Å². The van der Waals surface area contributed by atoms with Crippen LogP contribution in [0.4, 0.5) is 0 Å². The van der Waals surface area contributed by atoms with Crippen LogP contribution >= 0.6 is 0 Å². The zero-order valence-electron chi connectivity index (χ0n) is 13.8. The topological polar surface area (TPSA) is 80.3 Å². The first kappa shape index (κ1) is 14.9. The van der Waals surface area contributed by atoms with Crippen molar-refractivity contribution in [1.82, 2.24) is 15.2 Å². The molecule has 0 atom stereocenters. The van der Waals surface area contributed by atoms with Gasteiger partial charge >= 0.3 is 0 Å². The molecule has 2 aromatic carbocycles. The molecule has 5 rings (SSSR count). The predicted molar refractivity (Wildman–Crippen MR) is 96.8 cm³/mol. The Hall–Kier alpha value is -3.38. The van der Waals surface area contributed by atoms with Crippen molar-refractivity contribution >= 4 is 11.0 Å². The predicted octanol–water partition coefficient (Wildman–Crippen LogP) is 3.51. The van der Waals surface area contributed by atoms with Crippen LogP contribution in [-0.2, 0) is 6.61 Å². The van der Waals surface area contributed by atoms with Crippen molar-refractivity contribution in [2.75, 3.05) is 6.79 Å². The van der Waals surface area contributed by atoms with Gasteiger partial charge in [0.2, 0.25) is 6.79 Å². The van der Waals surface area contributed by atoms with Gasteiger partial charge in [-0.1, -0.05) is 24.3 Å². The van der Waals surface area contributed by atoms with Crippen LogP contribution in [0, 0.1) is 0 Å². The van der Waals surface area contributed by atoms with E-state index in [1.165, 1.54) is 0 Å². The molecule has 0 saturated heterocycles. The molecule has 0 spiro atoms. The quantitative estimate of drug-likeness (QED) is 0.594. The molecule has 2 N–H and O–H groups in total. The number of benzene rings is 2. The zero-order chi connectivity index (χ0) is 17.5. The minimum Gasteiger partial charge on any atom is -0.454 e. The highest BCUT2D eigenvalue weighted by Crippen LogP contribution is 2.39. The Morgan fingerprint density at radius 2 is 1.77 bits per heavy atom. The normalized spacial score (nSPS) is 12.7. The molecule has 0 unspecified atom stereocenters. The van der Waals surface area contributed by atoms with Gasteiger partial charge in [0.15, 0.2) is 17.1 Å². The van der Waals surface area contributed by atoms with Gasteiger partial charge in [0, 0.05) is 11.8 Å². The summed E-state index contributed by atoms with van der Waals surface area (Å²) in [6, 6.07) is 15.6. The van der Waals surface area contributed by atoms with Gasteiger partial charge in [-0.15, -0.1) is 0 Å². The van der Waals surface area contributed by atoms with E-state index < -0.39 is 0 Å². The highest BCUT2D eigenvalue weighted by atomic mass is 16.7. The fraction of sp³-hybridized carbons (Fsp3) is 0.100. The second kappa shape index (κ2) is 5.86. The molecule has 6 heteroatoms. The van der Waals surface area contributed by atoms with E-state index >= 15 is 0 Å². The number of nitrogens with zero attached hydrogens (tertiary/aromatic N) is 2. The first-order chi connectivity index (χ1) is 12.8. The second-order valence-corrected chi connectivity index (χ2v) is 6.08. The van der Waals surface area contributed by atoms with E-state index in [2.05, 4.69) is 15.2 Å². The van der Waals surface area contributed by atoms with Gasteiger partial charge in [0.25, 0.3) is 0 Å². The maximum Gasteiger partial charge on any atom is 0.231 e. The van der Waals surface area contributed by atoms with E-state index in [1.807, 2.05) is 48.5 Å². The number of aromatic nitrogens is 3. The number of aliphatic hydroxyl groups excluding tert-OH is 1. The number of aliphatic hydroxyl groups is 1. The first-order valence-electron chi connectivity index (χ1n) is 8.27. The Balaban J connectivity index is 1.69. The van der Waals surface area contributed by atoms with Gasteiger partial charge in [0.05, 0.1) is 12.0 Å². The van der Waals surface area contributed by atoms with Crippen LogP contribution in [0.3, 0.4) is 0 Å². The molecule has 1 aliphatic rings. The van der Waals surface area contributed by atoms with Crippen molar-refractivity contribution in [1.29, 1.82) is 0 Å². The highest BCUT2D eigenvalue weighted by Gasteiger charge is 2.18. The third-order valence-electron chi connectivity index (χ3n) is 4.55. The minimum absolute atomic E-state index is 0.0280. The Labute approximate surface area is 149 Å². The second-order valence-electron chi connectivity index (χ2n) is 6.08. The van der Waals surface area contributed by atoms with E-state index in [0.29, 0.717) is 0 Å². The van der Waals surface area contributed by atoms with Crippen LogP contribution in [0.5, 0.6) is 11.5 Å². The maximum absolute atomic E-state index is 9.26. The lowest BCUT2D eigenvalue weighted by Crippen LogP contribution is -1.92. The number of fused-ring (bicyclic) bond motifs is 2. The van der Waals surface area contributed by atoms with Crippen molar-refractivity contribution in [2.24, 2.45) is 0 Å². The lowest BCUT2D eigenvalue weighted by molar-refractivity contribution is 0.174. The molecule has 128 valence electrons. The summed E-state index contributed by atoms with van der Waals surface area (Å²) in [5.74, 6) is 1.46. The molecule has 0 bridgehead atoms. The Kier molecular flexibility index (Phi) is 3.36. The standard InChI is InChI=1S/C20H15N3O3/c24-10-12-1-3-13(4-2-12)15-7-8-21-20-18(15)19(22-23-20)14-5-6-16-17(9-14)26-11-25-16/h1-9,24H,10-11H2,(H,21,22,23). The molecule has 0 fully saturated rings. The van der Waals surface area contributed by atoms with E-state index in [9.17, 15) is 5.11 Å². The average Bonchev–Trinajstić information content (AvgIpc) is 3.34. The first-order valence-corrected chi connectivity index (χ1v) is 8.27. The molecule has 0 aliphatic carbocycles. The van der Waals surface area contributed by atoms with E-state index in [0.717, 1.165) is 50.5 Å². The molecule has 0 amide bonds. The highest BCUT2D eigenvalue weighted by molar-refractivity contribution is 6.02. The third-order valence-corrected chi connectivity index (χ3v) is 4.55. The molecular formula is C20H15N3O3. The summed E-state index contributed by atoms with van der Waals surface area (Å²) in [7, 11) is 0. The van der Waals surface area contributed by atoms with E-state index in [1.54, 1.807) is 6.20 Å². The monoisotopic (exact) mass is 345 g/mol. The minimum atomic E-state index is 0.0280. The summed E-state index contributed by atoms with van der Waals surface area (Å²) in [4.78, 5) is 4.41. The summed E-state index contributed by atoms with van der Waals surface area (Å²) in [6.07, 6.45) is 1.76. The number of nitrogens with one attached hydrogen (secondary N) is 1. The maximum atomic E-state index is 9.26. The summed E-state index contributed by atoms with van der Waals surface area (Å²) in [5, 5.41) is 17.7. The lowest BCUT2D eigenvalue weighted by Gasteiger charge is -2.07. The van der Waals surface area contributed by atoms with Crippen LogP contribution < -0.4 is 9.47 Å². The molecule has 0 saturated carbocycles. The number of pyridine rings is 1. The van der Waals surface area contributed by atoms with Gasteiger partial charge in [-0.05, 0) is 41.0 Å². The molecule has 6 nitrogen and oxygen atoms in total. The van der Waals surface area contributed by atoms with Crippen molar-refractivity contribution < 1.29 is 14.6 Å². The fourth-order valence-electron chi connectivity index (χ4n) is 3.23. The fourth-order valence-corrected chi connectivity index (χ4v) is 3.23. The van der Waals surface area contributed by atoms with Crippen molar-refractivity contribution in [3.05, 3.63) is 60.3 Å². The smallest absolute Gasteiger partial charge is 0.231 e. The number of hydrogen-bond donors (Lipinski definition) is 2. The number of H-pyrrole nitrogens is 1. The van der Waals surface area contributed by atoms with Gasteiger partial charge in [-0.25, -0.2) is 4.98 Å².